The van der Waals surface area contributed by atoms with Gasteiger partial charge in [0.25, 0.3) is 0 Å². The van der Waals surface area contributed by atoms with Gasteiger partial charge in [0.2, 0.25) is 9.84 Å². The third-order valence-electron chi connectivity index (χ3n) is 4.90. The molecule has 2 rings (SSSR count). The first-order valence-electron chi connectivity index (χ1n) is 10.4. The van der Waals surface area contributed by atoms with Gasteiger partial charge in [0, 0.05) is 9.65 Å². The van der Waals surface area contributed by atoms with Crippen molar-refractivity contribution >= 4 is 137 Å². The summed E-state index contributed by atoms with van der Waals surface area (Å²) in [4.78, 5) is 0.987. The fourth-order valence-corrected chi connectivity index (χ4v) is 8.96. The number of halogens is 8. The average Bonchev–Trinajstić information content (AvgIpc) is 2.81. The van der Waals surface area contributed by atoms with Crippen LogP contribution >= 0.6 is 127 Å². The Morgan fingerprint density at radius 2 is 0.914 bits per heavy atom. The fraction of sp³-hybridized carbons (Fsp3) is 0.455. The zero-order valence-corrected chi connectivity index (χ0v) is 32.0. The Kier molecular flexibility index (Phi) is 14.2. The maximum atomic E-state index is 13.5. The van der Waals surface area contributed by atoms with Gasteiger partial charge >= 0.3 is 0 Å². The first kappa shape index (κ1) is 33.0. The van der Waals surface area contributed by atoms with E-state index in [9.17, 15) is 8.42 Å². The second-order valence-electron chi connectivity index (χ2n) is 7.44. The fourth-order valence-electron chi connectivity index (χ4n) is 2.84. The molecule has 0 bridgehead atoms. The quantitative estimate of drug-likeness (QED) is 0.199. The molecular formula is C22H22Br8O4S. The Morgan fingerprint density at radius 1 is 0.629 bits per heavy atom. The SMILES string of the molecule is CCC(Br)C(Br)COc1c(Br)cc(S(=O)(=O)c2cc(Br)c(OCC(Br)C(Br)CC)c(Br)c2)cc1Br. The second-order valence-corrected chi connectivity index (χ2v) is 17.5. The maximum Gasteiger partial charge on any atom is 0.206 e. The van der Waals surface area contributed by atoms with Crippen LogP contribution in [-0.2, 0) is 9.84 Å². The summed E-state index contributed by atoms with van der Waals surface area (Å²) in [5.41, 5.74) is 0. The Hall–Kier alpha value is 1.83. The van der Waals surface area contributed by atoms with Gasteiger partial charge in [-0.25, -0.2) is 8.42 Å². The zero-order chi connectivity index (χ0) is 26.5. The van der Waals surface area contributed by atoms with Gasteiger partial charge in [0.05, 0.1) is 37.3 Å². The van der Waals surface area contributed by atoms with Crippen LogP contribution in [0.25, 0.3) is 0 Å². The van der Waals surface area contributed by atoms with E-state index in [0.29, 0.717) is 42.6 Å². The van der Waals surface area contributed by atoms with Crippen LogP contribution < -0.4 is 9.47 Å². The molecule has 13 heteroatoms. The Labute approximate surface area is 274 Å². The van der Waals surface area contributed by atoms with E-state index in [1.807, 2.05) is 0 Å². The van der Waals surface area contributed by atoms with Gasteiger partial charge in [-0.15, -0.1) is 0 Å². The minimum atomic E-state index is -3.82. The second kappa shape index (κ2) is 15.0. The van der Waals surface area contributed by atoms with Gasteiger partial charge < -0.3 is 9.47 Å². The van der Waals surface area contributed by atoms with Gasteiger partial charge in [-0.3, -0.25) is 0 Å². The van der Waals surface area contributed by atoms with E-state index in [4.69, 9.17) is 9.47 Å². The normalized spacial score (nSPS) is 15.4. The summed E-state index contributed by atoms with van der Waals surface area (Å²) in [5, 5.41) is 0. The van der Waals surface area contributed by atoms with Crippen molar-refractivity contribution < 1.29 is 17.9 Å². The molecular weight excluding hydrogens is 1000 g/mol. The average molecular weight is 1020 g/mol. The lowest BCUT2D eigenvalue weighted by Gasteiger charge is -2.19. The van der Waals surface area contributed by atoms with Crippen LogP contribution in [0.15, 0.2) is 51.9 Å². The zero-order valence-electron chi connectivity index (χ0n) is 18.5. The van der Waals surface area contributed by atoms with E-state index in [-0.39, 0.29) is 29.1 Å². The van der Waals surface area contributed by atoms with E-state index >= 15 is 0 Å². The summed E-state index contributed by atoms with van der Waals surface area (Å²) in [5.74, 6) is 1.08. The number of sulfone groups is 1. The number of rotatable bonds is 12. The van der Waals surface area contributed by atoms with Crippen molar-refractivity contribution in [1.82, 2.24) is 0 Å². The van der Waals surface area contributed by atoms with Crippen molar-refractivity contribution in [2.24, 2.45) is 0 Å². The van der Waals surface area contributed by atoms with Crippen molar-refractivity contribution in [1.29, 1.82) is 0 Å². The number of ether oxygens (including phenoxy) is 2. The molecule has 0 fully saturated rings. The summed E-state index contributed by atoms with van der Waals surface area (Å²) in [7, 11) is -3.82. The maximum absolute atomic E-state index is 13.5. The lowest BCUT2D eigenvalue weighted by Crippen LogP contribution is -2.21. The molecule has 4 unspecified atom stereocenters. The molecule has 0 aromatic heterocycles. The standard InChI is InChI=1S/C22H22Br8O4S/c1-3-13(23)19(29)9-33-21-15(25)5-11(6-16(21)26)35(31,32)12-7-17(27)22(18(28)8-12)34-10-20(30)14(24)4-2/h5-8,13-14,19-20H,3-4,9-10H2,1-2H3. The summed E-state index contributed by atoms with van der Waals surface area (Å²) in [6, 6.07) is 6.19. The lowest BCUT2D eigenvalue weighted by atomic mass is 10.2. The Morgan fingerprint density at radius 3 is 1.17 bits per heavy atom. The van der Waals surface area contributed by atoms with Gasteiger partial charge in [0.15, 0.2) is 0 Å². The highest BCUT2D eigenvalue weighted by Crippen LogP contribution is 2.41. The molecule has 2 aromatic carbocycles. The third kappa shape index (κ3) is 8.91. The number of alkyl halides is 4. The molecule has 196 valence electrons. The van der Waals surface area contributed by atoms with Gasteiger partial charge in [-0.05, 0) is 101 Å². The molecule has 0 saturated heterocycles. The van der Waals surface area contributed by atoms with Crippen molar-refractivity contribution in [3.8, 4) is 11.5 Å². The van der Waals surface area contributed by atoms with Crippen molar-refractivity contribution in [3.05, 3.63) is 42.2 Å². The molecule has 0 saturated carbocycles. The van der Waals surface area contributed by atoms with Gasteiger partial charge in [-0.2, -0.15) is 0 Å². The summed E-state index contributed by atoms with van der Waals surface area (Å²) < 4.78 is 41.0. The highest BCUT2D eigenvalue weighted by molar-refractivity contribution is 9.13. The van der Waals surface area contributed by atoms with Crippen LogP contribution in [0.2, 0.25) is 0 Å². The lowest BCUT2D eigenvalue weighted by molar-refractivity contribution is 0.312. The molecule has 0 aliphatic heterocycles. The third-order valence-corrected chi connectivity index (χ3v) is 14.8. The first-order valence-corrected chi connectivity index (χ1v) is 18.7. The monoisotopic (exact) mass is 1010 g/mol. The predicted molar refractivity (Wildman–Crippen MR) is 172 cm³/mol. The van der Waals surface area contributed by atoms with Gasteiger partial charge in [-0.1, -0.05) is 77.6 Å². The van der Waals surface area contributed by atoms with Gasteiger partial charge in [0.1, 0.15) is 24.7 Å². The largest absolute Gasteiger partial charge is 0.490 e. The number of benzene rings is 2. The first-order chi connectivity index (χ1) is 16.3. The van der Waals surface area contributed by atoms with E-state index in [1.165, 1.54) is 0 Å². The highest BCUT2D eigenvalue weighted by atomic mass is 79.9. The molecule has 35 heavy (non-hydrogen) atoms. The summed E-state index contributed by atoms with van der Waals surface area (Å²) in [6.45, 7) is 4.99. The number of hydrogen-bond donors (Lipinski definition) is 0. The molecule has 0 spiro atoms. The van der Waals surface area contributed by atoms with Crippen LogP contribution in [0, 0.1) is 0 Å². The molecule has 0 N–H and O–H groups in total. The highest BCUT2D eigenvalue weighted by Gasteiger charge is 2.25. The van der Waals surface area contributed by atoms with Crippen molar-refractivity contribution in [2.75, 3.05) is 13.2 Å². The molecule has 0 heterocycles. The van der Waals surface area contributed by atoms with Crippen LogP contribution in [0.1, 0.15) is 26.7 Å². The van der Waals surface area contributed by atoms with E-state index in [1.54, 1.807) is 24.3 Å². The predicted octanol–water partition coefficient (Wildman–Crippen LogP) is 10.2. The van der Waals surface area contributed by atoms with Crippen LogP contribution in [0.4, 0.5) is 0 Å². The van der Waals surface area contributed by atoms with E-state index in [2.05, 4.69) is 141 Å². The molecule has 0 aliphatic rings. The van der Waals surface area contributed by atoms with E-state index in [0.717, 1.165) is 12.8 Å². The molecule has 0 radical (unpaired) electrons. The van der Waals surface area contributed by atoms with Crippen LogP contribution in [-0.4, -0.2) is 40.9 Å². The summed E-state index contributed by atoms with van der Waals surface area (Å²) >= 11 is 28.3. The molecule has 4 atom stereocenters. The number of hydrogen-bond acceptors (Lipinski definition) is 4. The molecule has 4 nitrogen and oxygen atoms in total. The van der Waals surface area contributed by atoms with Crippen LogP contribution in [0.3, 0.4) is 0 Å². The van der Waals surface area contributed by atoms with Crippen LogP contribution in [0.5, 0.6) is 11.5 Å². The molecule has 0 amide bonds. The minimum Gasteiger partial charge on any atom is -0.490 e. The van der Waals surface area contributed by atoms with Crippen molar-refractivity contribution in [3.63, 3.8) is 0 Å². The molecule has 2 aromatic rings. The minimum absolute atomic E-state index is 0.104. The summed E-state index contributed by atoms with van der Waals surface area (Å²) in [6.07, 6.45) is 1.89. The molecule has 0 aliphatic carbocycles. The van der Waals surface area contributed by atoms with Crippen molar-refractivity contribution in [2.45, 2.75) is 55.8 Å². The smallest absolute Gasteiger partial charge is 0.206 e. The Bertz CT molecular complexity index is 1000. The Balaban J connectivity index is 2.30. The van der Waals surface area contributed by atoms with E-state index < -0.39 is 9.84 Å². The topological polar surface area (TPSA) is 52.6 Å².